The first-order valence-electron chi connectivity index (χ1n) is 7.25. The lowest BCUT2D eigenvalue weighted by Crippen LogP contribution is -2.40. The van der Waals surface area contributed by atoms with Gasteiger partial charge in [0.15, 0.2) is 0 Å². The number of carbonyl (C=O) groups is 1. The number of carbonyl (C=O) groups excluding carboxylic acids is 1. The quantitative estimate of drug-likeness (QED) is 0.902. The third kappa shape index (κ3) is 2.41. The average Bonchev–Trinajstić information content (AvgIpc) is 2.72. The first-order valence-corrected chi connectivity index (χ1v) is 7.25. The van der Waals surface area contributed by atoms with Crippen LogP contribution in [0.2, 0.25) is 0 Å². The highest BCUT2D eigenvalue weighted by Gasteiger charge is 2.30. The van der Waals surface area contributed by atoms with Crippen LogP contribution in [0.3, 0.4) is 0 Å². The first kappa shape index (κ1) is 12.7. The molecule has 104 valence electrons. The number of rotatable bonds is 4. The molecule has 4 nitrogen and oxygen atoms in total. The minimum Gasteiger partial charge on any atom is -0.393 e. The Bertz CT molecular complexity index is 458. The maximum Gasteiger partial charge on any atom is 0.270 e. The second-order valence-electron chi connectivity index (χ2n) is 6.06. The van der Waals surface area contributed by atoms with Gasteiger partial charge in [-0.15, -0.1) is 0 Å². The number of amides is 1. The van der Waals surface area contributed by atoms with Crippen molar-refractivity contribution in [2.24, 2.45) is 5.92 Å². The molecule has 2 aliphatic carbocycles. The Morgan fingerprint density at radius 1 is 1.47 bits per heavy atom. The van der Waals surface area contributed by atoms with E-state index in [0.717, 1.165) is 25.1 Å². The number of hydrogen-bond acceptors (Lipinski definition) is 2. The standard InChI is InChI=1S/C15H22N2O2/c1-16(10-11-8-13(18)9-11)15(19)14-6-3-7-17(14)12-4-2-5-12/h3,6-7,11-13,18H,2,4-5,8-10H2,1H3. The highest BCUT2D eigenvalue weighted by molar-refractivity contribution is 5.92. The van der Waals surface area contributed by atoms with Gasteiger partial charge in [-0.25, -0.2) is 0 Å². The molecule has 3 rings (SSSR count). The second kappa shape index (κ2) is 5.00. The third-order valence-corrected chi connectivity index (χ3v) is 4.56. The average molecular weight is 262 g/mol. The minimum absolute atomic E-state index is 0.110. The lowest BCUT2D eigenvalue weighted by molar-refractivity contribution is 0.0261. The maximum atomic E-state index is 12.5. The van der Waals surface area contributed by atoms with Gasteiger partial charge in [0.1, 0.15) is 5.69 Å². The van der Waals surface area contributed by atoms with E-state index in [0.29, 0.717) is 12.0 Å². The Morgan fingerprint density at radius 3 is 2.79 bits per heavy atom. The van der Waals surface area contributed by atoms with E-state index in [4.69, 9.17) is 0 Å². The Balaban J connectivity index is 1.64. The van der Waals surface area contributed by atoms with Gasteiger partial charge in [-0.2, -0.15) is 0 Å². The van der Waals surface area contributed by atoms with Gasteiger partial charge in [-0.1, -0.05) is 0 Å². The van der Waals surface area contributed by atoms with Crippen LogP contribution in [-0.4, -0.2) is 40.2 Å². The Labute approximate surface area is 114 Å². The zero-order chi connectivity index (χ0) is 13.4. The second-order valence-corrected chi connectivity index (χ2v) is 6.06. The summed E-state index contributed by atoms with van der Waals surface area (Å²) in [6.45, 7) is 0.756. The van der Waals surface area contributed by atoms with Crippen LogP contribution in [0.5, 0.6) is 0 Å². The Kier molecular flexibility index (Phi) is 3.35. The summed E-state index contributed by atoms with van der Waals surface area (Å²) in [6, 6.07) is 4.41. The first-order chi connectivity index (χ1) is 9.15. The molecule has 0 unspecified atom stereocenters. The molecule has 0 saturated heterocycles. The van der Waals surface area contributed by atoms with E-state index in [1.54, 1.807) is 4.90 Å². The van der Waals surface area contributed by atoms with E-state index in [-0.39, 0.29) is 12.0 Å². The molecule has 19 heavy (non-hydrogen) atoms. The molecule has 2 saturated carbocycles. The van der Waals surface area contributed by atoms with E-state index < -0.39 is 0 Å². The fourth-order valence-corrected chi connectivity index (χ4v) is 3.07. The summed E-state index contributed by atoms with van der Waals surface area (Å²) in [4.78, 5) is 14.3. The van der Waals surface area contributed by atoms with Crippen molar-refractivity contribution >= 4 is 5.91 Å². The summed E-state index contributed by atoms with van der Waals surface area (Å²) in [6.07, 6.45) is 7.20. The molecule has 0 bridgehead atoms. The van der Waals surface area contributed by atoms with E-state index in [1.165, 1.54) is 19.3 Å². The van der Waals surface area contributed by atoms with Crippen molar-refractivity contribution < 1.29 is 9.90 Å². The Hall–Kier alpha value is -1.29. The van der Waals surface area contributed by atoms with E-state index in [1.807, 2.05) is 25.4 Å². The van der Waals surface area contributed by atoms with Gasteiger partial charge >= 0.3 is 0 Å². The van der Waals surface area contributed by atoms with E-state index in [2.05, 4.69) is 4.57 Å². The van der Waals surface area contributed by atoms with Crippen LogP contribution in [0.4, 0.5) is 0 Å². The predicted octanol–water partition coefficient (Wildman–Crippen LogP) is 2.06. The highest BCUT2D eigenvalue weighted by atomic mass is 16.3. The summed E-state index contributed by atoms with van der Waals surface area (Å²) >= 11 is 0. The Morgan fingerprint density at radius 2 is 2.21 bits per heavy atom. The SMILES string of the molecule is CN(CC1CC(O)C1)C(=O)c1cccn1C1CCC1. The molecular formula is C15H22N2O2. The molecule has 0 radical (unpaired) electrons. The van der Waals surface area contributed by atoms with Crippen LogP contribution in [0.25, 0.3) is 0 Å². The van der Waals surface area contributed by atoms with Crippen molar-refractivity contribution in [1.82, 2.24) is 9.47 Å². The van der Waals surface area contributed by atoms with Crippen molar-refractivity contribution in [3.63, 3.8) is 0 Å². The van der Waals surface area contributed by atoms with Gasteiger partial charge in [0.25, 0.3) is 5.91 Å². The lowest BCUT2D eigenvalue weighted by Gasteiger charge is -2.35. The van der Waals surface area contributed by atoms with Crippen LogP contribution >= 0.6 is 0 Å². The molecule has 0 atom stereocenters. The normalized spacial score (nSPS) is 26.6. The zero-order valence-corrected chi connectivity index (χ0v) is 11.5. The maximum absolute atomic E-state index is 12.5. The molecule has 0 aromatic carbocycles. The van der Waals surface area contributed by atoms with Gasteiger partial charge < -0.3 is 14.6 Å². The van der Waals surface area contributed by atoms with Crippen LogP contribution in [0.1, 0.15) is 48.6 Å². The molecule has 0 aliphatic heterocycles. The lowest BCUT2D eigenvalue weighted by atomic mass is 9.82. The molecule has 1 heterocycles. The number of aliphatic hydroxyl groups excluding tert-OH is 1. The highest BCUT2D eigenvalue weighted by Crippen LogP contribution is 2.33. The van der Waals surface area contributed by atoms with E-state index in [9.17, 15) is 9.90 Å². The fraction of sp³-hybridized carbons (Fsp3) is 0.667. The van der Waals surface area contributed by atoms with Gasteiger partial charge in [0.05, 0.1) is 6.10 Å². The van der Waals surface area contributed by atoms with Crippen molar-refractivity contribution in [2.45, 2.75) is 44.2 Å². The number of aromatic nitrogens is 1. The molecule has 1 amide bonds. The predicted molar refractivity (Wildman–Crippen MR) is 73.0 cm³/mol. The topological polar surface area (TPSA) is 45.5 Å². The zero-order valence-electron chi connectivity index (χ0n) is 11.5. The van der Waals surface area contributed by atoms with Gasteiger partial charge in [0.2, 0.25) is 0 Å². The molecule has 2 fully saturated rings. The number of aliphatic hydroxyl groups is 1. The van der Waals surface area contributed by atoms with Crippen molar-refractivity contribution in [3.05, 3.63) is 24.0 Å². The monoisotopic (exact) mass is 262 g/mol. The number of nitrogens with zero attached hydrogens (tertiary/aromatic N) is 2. The van der Waals surface area contributed by atoms with Crippen molar-refractivity contribution in [1.29, 1.82) is 0 Å². The summed E-state index contributed by atoms with van der Waals surface area (Å²) in [5.74, 6) is 0.578. The van der Waals surface area contributed by atoms with Gasteiger partial charge in [-0.05, 0) is 50.2 Å². The van der Waals surface area contributed by atoms with Gasteiger partial charge in [-0.3, -0.25) is 4.79 Å². The van der Waals surface area contributed by atoms with Crippen molar-refractivity contribution in [2.75, 3.05) is 13.6 Å². The summed E-state index contributed by atoms with van der Waals surface area (Å²) in [5, 5.41) is 9.30. The summed E-state index contributed by atoms with van der Waals surface area (Å²) in [7, 11) is 1.87. The van der Waals surface area contributed by atoms with Crippen LogP contribution in [0.15, 0.2) is 18.3 Å². The van der Waals surface area contributed by atoms with Crippen LogP contribution in [-0.2, 0) is 0 Å². The van der Waals surface area contributed by atoms with Crippen LogP contribution < -0.4 is 0 Å². The summed E-state index contributed by atoms with van der Waals surface area (Å²) in [5.41, 5.74) is 0.812. The van der Waals surface area contributed by atoms with Crippen LogP contribution in [0, 0.1) is 5.92 Å². The molecule has 2 aliphatic rings. The molecule has 1 aromatic heterocycles. The third-order valence-electron chi connectivity index (χ3n) is 4.56. The minimum atomic E-state index is -0.146. The largest absolute Gasteiger partial charge is 0.393 e. The fourth-order valence-electron chi connectivity index (χ4n) is 3.07. The molecule has 1 aromatic rings. The van der Waals surface area contributed by atoms with Crippen molar-refractivity contribution in [3.8, 4) is 0 Å². The number of hydrogen-bond donors (Lipinski definition) is 1. The molecular weight excluding hydrogens is 240 g/mol. The summed E-state index contributed by atoms with van der Waals surface area (Å²) < 4.78 is 2.14. The van der Waals surface area contributed by atoms with Gasteiger partial charge in [0, 0.05) is 25.8 Å². The molecule has 0 spiro atoms. The smallest absolute Gasteiger partial charge is 0.270 e. The molecule has 1 N–H and O–H groups in total. The van der Waals surface area contributed by atoms with E-state index >= 15 is 0 Å². The molecule has 4 heteroatoms.